The molecular formula is C9H10O3. The second-order valence-corrected chi connectivity index (χ2v) is 2.30. The Hall–Kier alpha value is -1.51. The predicted octanol–water partition coefficient (Wildman–Crippen LogP) is 1.77. The Labute approximate surface area is 70.6 Å². The normalized spacial score (nSPS) is 10.5. The van der Waals surface area contributed by atoms with Crippen molar-refractivity contribution >= 4 is 12.0 Å². The highest BCUT2D eigenvalue weighted by Gasteiger charge is 1.94. The minimum Gasteiger partial charge on any atom is -0.466 e. The third-order valence-electron chi connectivity index (χ3n) is 1.35. The third kappa shape index (κ3) is 2.27. The van der Waals surface area contributed by atoms with Crippen LogP contribution in [0.2, 0.25) is 0 Å². The highest BCUT2D eigenvalue weighted by atomic mass is 16.5. The molecule has 0 saturated carbocycles. The van der Waals surface area contributed by atoms with Gasteiger partial charge in [0.15, 0.2) is 0 Å². The van der Waals surface area contributed by atoms with Crippen LogP contribution in [0.5, 0.6) is 0 Å². The standard InChI is InChI=1S/C9H10O3/c1-7-3-4-8(12-7)5-6-9(10)11-2/h3-6H,1-2H3/b6-5+. The van der Waals surface area contributed by atoms with Gasteiger partial charge in [0.25, 0.3) is 0 Å². The van der Waals surface area contributed by atoms with Crippen molar-refractivity contribution in [2.75, 3.05) is 7.11 Å². The zero-order valence-electron chi connectivity index (χ0n) is 7.03. The number of aryl methyl sites for hydroxylation is 1. The van der Waals surface area contributed by atoms with Gasteiger partial charge >= 0.3 is 5.97 Å². The smallest absolute Gasteiger partial charge is 0.330 e. The second kappa shape index (κ2) is 3.76. The average Bonchev–Trinajstić information content (AvgIpc) is 2.47. The Bertz CT molecular complexity index is 296. The number of furan rings is 1. The molecular weight excluding hydrogens is 156 g/mol. The summed E-state index contributed by atoms with van der Waals surface area (Å²) in [4.78, 5) is 10.6. The molecule has 0 atom stereocenters. The van der Waals surface area contributed by atoms with Crippen molar-refractivity contribution in [3.8, 4) is 0 Å². The van der Waals surface area contributed by atoms with E-state index in [9.17, 15) is 4.79 Å². The Morgan fingerprint density at radius 2 is 2.33 bits per heavy atom. The van der Waals surface area contributed by atoms with Crippen LogP contribution in [-0.4, -0.2) is 13.1 Å². The van der Waals surface area contributed by atoms with E-state index in [4.69, 9.17) is 4.42 Å². The van der Waals surface area contributed by atoms with Crippen molar-refractivity contribution in [2.24, 2.45) is 0 Å². The number of methoxy groups -OCH3 is 1. The van der Waals surface area contributed by atoms with Crippen LogP contribution in [0.25, 0.3) is 6.08 Å². The molecule has 1 aromatic rings. The molecule has 0 aliphatic heterocycles. The summed E-state index contributed by atoms with van der Waals surface area (Å²) in [5.74, 6) is 1.08. The van der Waals surface area contributed by atoms with Crippen molar-refractivity contribution in [2.45, 2.75) is 6.92 Å². The zero-order valence-corrected chi connectivity index (χ0v) is 7.03. The maximum absolute atomic E-state index is 10.6. The molecule has 3 heteroatoms. The SMILES string of the molecule is COC(=O)/C=C/c1ccc(C)o1. The molecule has 12 heavy (non-hydrogen) atoms. The van der Waals surface area contributed by atoms with Crippen LogP contribution in [0.15, 0.2) is 22.6 Å². The molecule has 0 aliphatic rings. The van der Waals surface area contributed by atoms with E-state index in [1.807, 2.05) is 13.0 Å². The number of ether oxygens (including phenoxy) is 1. The van der Waals surface area contributed by atoms with Gasteiger partial charge in [0, 0.05) is 6.08 Å². The van der Waals surface area contributed by atoms with Gasteiger partial charge in [0.2, 0.25) is 0 Å². The summed E-state index contributed by atoms with van der Waals surface area (Å²) in [5.41, 5.74) is 0. The summed E-state index contributed by atoms with van der Waals surface area (Å²) in [6.07, 6.45) is 2.89. The lowest BCUT2D eigenvalue weighted by atomic mass is 10.4. The molecule has 0 spiro atoms. The maximum Gasteiger partial charge on any atom is 0.330 e. The van der Waals surface area contributed by atoms with Gasteiger partial charge in [-0.05, 0) is 25.1 Å². The number of rotatable bonds is 2. The van der Waals surface area contributed by atoms with E-state index in [1.165, 1.54) is 13.2 Å². The highest BCUT2D eigenvalue weighted by molar-refractivity contribution is 5.86. The number of esters is 1. The van der Waals surface area contributed by atoms with Crippen LogP contribution in [0, 0.1) is 6.92 Å². The van der Waals surface area contributed by atoms with Crippen molar-refractivity contribution in [3.63, 3.8) is 0 Å². The fraction of sp³-hybridized carbons (Fsp3) is 0.222. The Morgan fingerprint density at radius 1 is 1.58 bits per heavy atom. The Morgan fingerprint density at radius 3 is 2.83 bits per heavy atom. The first-order valence-electron chi connectivity index (χ1n) is 3.55. The number of hydrogen-bond acceptors (Lipinski definition) is 3. The first-order valence-corrected chi connectivity index (χ1v) is 3.55. The average molecular weight is 166 g/mol. The van der Waals surface area contributed by atoms with Crippen LogP contribution < -0.4 is 0 Å². The van der Waals surface area contributed by atoms with E-state index in [0.717, 1.165) is 5.76 Å². The molecule has 0 N–H and O–H groups in total. The molecule has 0 radical (unpaired) electrons. The summed E-state index contributed by atoms with van der Waals surface area (Å²) in [6, 6.07) is 3.62. The number of carbonyl (C=O) groups excluding carboxylic acids is 1. The highest BCUT2D eigenvalue weighted by Crippen LogP contribution is 2.07. The summed E-state index contributed by atoms with van der Waals surface area (Å²) >= 11 is 0. The molecule has 0 amide bonds. The van der Waals surface area contributed by atoms with Gasteiger partial charge < -0.3 is 9.15 Å². The monoisotopic (exact) mass is 166 g/mol. The van der Waals surface area contributed by atoms with Gasteiger partial charge in [-0.15, -0.1) is 0 Å². The summed E-state index contributed by atoms with van der Waals surface area (Å²) in [5, 5.41) is 0. The quantitative estimate of drug-likeness (QED) is 0.496. The van der Waals surface area contributed by atoms with E-state index in [1.54, 1.807) is 12.1 Å². The van der Waals surface area contributed by atoms with E-state index < -0.39 is 0 Å². The lowest BCUT2D eigenvalue weighted by Gasteiger charge is -1.87. The minimum atomic E-state index is -0.385. The number of hydrogen-bond donors (Lipinski definition) is 0. The molecule has 0 aromatic carbocycles. The van der Waals surface area contributed by atoms with Crippen LogP contribution in [0.4, 0.5) is 0 Å². The van der Waals surface area contributed by atoms with Gasteiger partial charge in [-0.1, -0.05) is 0 Å². The summed E-state index contributed by atoms with van der Waals surface area (Å²) in [7, 11) is 1.33. The molecule has 0 fully saturated rings. The van der Waals surface area contributed by atoms with Crippen molar-refractivity contribution < 1.29 is 13.9 Å². The van der Waals surface area contributed by atoms with E-state index >= 15 is 0 Å². The fourth-order valence-corrected chi connectivity index (χ4v) is 0.761. The van der Waals surface area contributed by atoms with Crippen molar-refractivity contribution in [1.82, 2.24) is 0 Å². The van der Waals surface area contributed by atoms with Gasteiger partial charge in [-0.3, -0.25) is 0 Å². The van der Waals surface area contributed by atoms with Gasteiger partial charge in [0.05, 0.1) is 7.11 Å². The van der Waals surface area contributed by atoms with Crippen LogP contribution in [-0.2, 0) is 9.53 Å². The molecule has 1 rings (SSSR count). The molecule has 0 bridgehead atoms. The van der Waals surface area contributed by atoms with Gasteiger partial charge in [0.1, 0.15) is 11.5 Å². The van der Waals surface area contributed by atoms with Crippen LogP contribution in [0.1, 0.15) is 11.5 Å². The lowest BCUT2D eigenvalue weighted by Crippen LogP contribution is -1.92. The number of carbonyl (C=O) groups is 1. The fourth-order valence-electron chi connectivity index (χ4n) is 0.761. The molecule has 1 aromatic heterocycles. The van der Waals surface area contributed by atoms with E-state index in [0.29, 0.717) is 5.76 Å². The van der Waals surface area contributed by atoms with Crippen molar-refractivity contribution in [3.05, 3.63) is 29.7 Å². The molecule has 3 nitrogen and oxygen atoms in total. The Balaban J connectivity index is 2.63. The summed E-state index contributed by atoms with van der Waals surface area (Å²) < 4.78 is 9.60. The predicted molar refractivity (Wildman–Crippen MR) is 44.5 cm³/mol. The summed E-state index contributed by atoms with van der Waals surface area (Å²) in [6.45, 7) is 1.84. The maximum atomic E-state index is 10.6. The van der Waals surface area contributed by atoms with E-state index in [2.05, 4.69) is 4.74 Å². The minimum absolute atomic E-state index is 0.385. The molecule has 0 unspecified atom stereocenters. The van der Waals surface area contributed by atoms with Crippen LogP contribution >= 0.6 is 0 Å². The molecule has 0 saturated heterocycles. The molecule has 1 heterocycles. The first-order chi connectivity index (χ1) is 5.72. The second-order valence-electron chi connectivity index (χ2n) is 2.30. The molecule has 0 aliphatic carbocycles. The lowest BCUT2D eigenvalue weighted by molar-refractivity contribution is -0.134. The van der Waals surface area contributed by atoms with Gasteiger partial charge in [-0.2, -0.15) is 0 Å². The first kappa shape index (κ1) is 8.59. The zero-order chi connectivity index (χ0) is 8.97. The van der Waals surface area contributed by atoms with E-state index in [-0.39, 0.29) is 5.97 Å². The van der Waals surface area contributed by atoms with Crippen LogP contribution in [0.3, 0.4) is 0 Å². The third-order valence-corrected chi connectivity index (χ3v) is 1.35. The molecule has 64 valence electrons. The topological polar surface area (TPSA) is 39.4 Å². The van der Waals surface area contributed by atoms with Gasteiger partial charge in [-0.25, -0.2) is 4.79 Å². The van der Waals surface area contributed by atoms with Crippen molar-refractivity contribution in [1.29, 1.82) is 0 Å². The largest absolute Gasteiger partial charge is 0.466 e. The Kier molecular flexibility index (Phi) is 2.69.